The molecule has 7 nitrogen and oxygen atoms in total. The molecule has 0 aliphatic heterocycles. The second kappa shape index (κ2) is 7.09. The summed E-state index contributed by atoms with van der Waals surface area (Å²) in [6.07, 6.45) is 5.17. The third-order valence-electron chi connectivity index (χ3n) is 2.84. The zero-order chi connectivity index (χ0) is 15.1. The van der Waals surface area contributed by atoms with Gasteiger partial charge in [0.15, 0.2) is 0 Å². The fourth-order valence-corrected chi connectivity index (χ4v) is 1.78. The summed E-state index contributed by atoms with van der Waals surface area (Å²) in [6, 6.07) is 6.16. The van der Waals surface area contributed by atoms with Crippen molar-refractivity contribution in [2.45, 2.75) is 13.1 Å². The van der Waals surface area contributed by atoms with Gasteiger partial charge in [0, 0.05) is 32.0 Å². The van der Waals surface area contributed by atoms with Crippen LogP contribution in [0.1, 0.15) is 15.9 Å². The zero-order valence-corrected chi connectivity index (χ0v) is 11.3. The van der Waals surface area contributed by atoms with Crippen LogP contribution in [0.2, 0.25) is 0 Å². The molecule has 0 aliphatic rings. The predicted molar refractivity (Wildman–Crippen MR) is 75.9 cm³/mol. The Bertz CT molecular complexity index is 610. The number of carbonyl (C=O) groups is 2. The molecule has 0 saturated carbocycles. The molecular formula is C14H16N4O3. The van der Waals surface area contributed by atoms with Crippen LogP contribution in [0.25, 0.3) is 0 Å². The van der Waals surface area contributed by atoms with E-state index in [1.165, 1.54) is 12.1 Å². The van der Waals surface area contributed by atoms with Gasteiger partial charge in [-0.05, 0) is 17.7 Å². The van der Waals surface area contributed by atoms with Gasteiger partial charge in [0.25, 0.3) is 0 Å². The van der Waals surface area contributed by atoms with Gasteiger partial charge in [0.2, 0.25) is 0 Å². The molecule has 3 N–H and O–H groups in total. The van der Waals surface area contributed by atoms with Crippen LogP contribution in [0, 0.1) is 0 Å². The molecule has 2 amide bonds. The Morgan fingerprint density at radius 2 is 2.14 bits per heavy atom. The van der Waals surface area contributed by atoms with Crippen molar-refractivity contribution in [2.75, 3.05) is 6.54 Å². The molecule has 0 spiro atoms. The van der Waals surface area contributed by atoms with Gasteiger partial charge in [-0.1, -0.05) is 12.1 Å². The monoisotopic (exact) mass is 288 g/mol. The van der Waals surface area contributed by atoms with E-state index in [0.29, 0.717) is 13.1 Å². The number of carboxylic acid groups (broad SMARTS) is 1. The third kappa shape index (κ3) is 4.64. The Hall–Kier alpha value is -2.83. The molecule has 110 valence electrons. The van der Waals surface area contributed by atoms with E-state index in [1.54, 1.807) is 24.7 Å². The maximum atomic E-state index is 11.6. The number of hydrogen-bond donors (Lipinski definition) is 3. The van der Waals surface area contributed by atoms with Crippen LogP contribution >= 0.6 is 0 Å². The Morgan fingerprint density at radius 1 is 1.29 bits per heavy atom. The first-order chi connectivity index (χ1) is 10.1. The number of rotatable bonds is 6. The van der Waals surface area contributed by atoms with Crippen LogP contribution in [0.3, 0.4) is 0 Å². The van der Waals surface area contributed by atoms with E-state index in [0.717, 1.165) is 5.56 Å². The first kappa shape index (κ1) is 14.6. The largest absolute Gasteiger partial charge is 0.478 e. The van der Waals surface area contributed by atoms with E-state index in [4.69, 9.17) is 5.11 Å². The highest BCUT2D eigenvalue weighted by molar-refractivity contribution is 5.87. The van der Waals surface area contributed by atoms with Crippen molar-refractivity contribution in [1.29, 1.82) is 0 Å². The molecule has 0 fully saturated rings. The molecule has 21 heavy (non-hydrogen) atoms. The maximum absolute atomic E-state index is 11.6. The highest BCUT2D eigenvalue weighted by atomic mass is 16.4. The second-order valence-electron chi connectivity index (χ2n) is 4.42. The van der Waals surface area contributed by atoms with Gasteiger partial charge < -0.3 is 20.3 Å². The van der Waals surface area contributed by atoms with Crippen LogP contribution in [-0.2, 0) is 13.1 Å². The molecule has 7 heteroatoms. The highest BCUT2D eigenvalue weighted by Gasteiger charge is 2.04. The molecule has 0 radical (unpaired) electrons. The molecule has 0 saturated heterocycles. The van der Waals surface area contributed by atoms with Crippen molar-refractivity contribution >= 4 is 12.0 Å². The minimum absolute atomic E-state index is 0.204. The maximum Gasteiger partial charge on any atom is 0.335 e. The van der Waals surface area contributed by atoms with Crippen molar-refractivity contribution in [2.24, 2.45) is 0 Å². The van der Waals surface area contributed by atoms with Crippen LogP contribution in [0.4, 0.5) is 4.79 Å². The molecule has 2 aromatic rings. The Kier molecular flexibility index (Phi) is 4.92. The number of urea groups is 1. The molecule has 0 aliphatic carbocycles. The van der Waals surface area contributed by atoms with Crippen molar-refractivity contribution in [3.8, 4) is 0 Å². The van der Waals surface area contributed by atoms with Gasteiger partial charge in [0.05, 0.1) is 11.9 Å². The van der Waals surface area contributed by atoms with Gasteiger partial charge in [0.1, 0.15) is 0 Å². The summed E-state index contributed by atoms with van der Waals surface area (Å²) in [5.74, 6) is -0.985. The second-order valence-corrected chi connectivity index (χ2v) is 4.42. The predicted octanol–water partition coefficient (Wildman–Crippen LogP) is 1.08. The Balaban J connectivity index is 1.73. The summed E-state index contributed by atoms with van der Waals surface area (Å²) in [6.45, 7) is 1.40. The first-order valence-electron chi connectivity index (χ1n) is 6.45. The Morgan fingerprint density at radius 3 is 2.86 bits per heavy atom. The average molecular weight is 288 g/mol. The summed E-state index contributed by atoms with van der Waals surface area (Å²) >= 11 is 0. The summed E-state index contributed by atoms with van der Waals surface area (Å²) in [4.78, 5) is 26.3. The molecule has 0 bridgehead atoms. The number of aromatic carboxylic acids is 1. The third-order valence-corrected chi connectivity index (χ3v) is 2.84. The normalized spacial score (nSPS) is 10.1. The molecule has 2 rings (SSSR count). The number of nitrogens with one attached hydrogen (secondary N) is 2. The van der Waals surface area contributed by atoms with E-state index in [2.05, 4.69) is 15.6 Å². The number of amides is 2. The average Bonchev–Trinajstić information content (AvgIpc) is 2.99. The summed E-state index contributed by atoms with van der Waals surface area (Å²) in [7, 11) is 0. The number of imidazole rings is 1. The van der Waals surface area contributed by atoms with Crippen molar-refractivity contribution in [1.82, 2.24) is 20.2 Å². The van der Waals surface area contributed by atoms with E-state index in [9.17, 15) is 9.59 Å². The molecule has 1 heterocycles. The number of benzene rings is 1. The van der Waals surface area contributed by atoms with Crippen molar-refractivity contribution in [3.05, 3.63) is 54.1 Å². The van der Waals surface area contributed by atoms with E-state index in [1.807, 2.05) is 10.8 Å². The number of nitrogens with zero attached hydrogens (tertiary/aromatic N) is 2. The van der Waals surface area contributed by atoms with Gasteiger partial charge in [-0.2, -0.15) is 0 Å². The SMILES string of the molecule is O=C(NCCn1ccnc1)NCc1cccc(C(=O)O)c1. The van der Waals surface area contributed by atoms with Crippen LogP contribution in [0.15, 0.2) is 43.0 Å². The lowest BCUT2D eigenvalue weighted by molar-refractivity contribution is 0.0696. The standard InChI is InChI=1S/C14H16N4O3/c19-13(20)12-3-1-2-11(8-12)9-17-14(21)16-5-7-18-6-4-15-10-18/h1-4,6,8,10H,5,7,9H2,(H,19,20)(H2,16,17,21). The van der Waals surface area contributed by atoms with Crippen molar-refractivity contribution in [3.63, 3.8) is 0 Å². The lowest BCUT2D eigenvalue weighted by atomic mass is 10.1. The topological polar surface area (TPSA) is 96.3 Å². The van der Waals surface area contributed by atoms with Gasteiger partial charge in [-0.15, -0.1) is 0 Å². The number of carbonyl (C=O) groups excluding carboxylic acids is 1. The van der Waals surface area contributed by atoms with Crippen LogP contribution in [-0.4, -0.2) is 33.2 Å². The van der Waals surface area contributed by atoms with Gasteiger partial charge >= 0.3 is 12.0 Å². The van der Waals surface area contributed by atoms with E-state index in [-0.39, 0.29) is 18.1 Å². The van der Waals surface area contributed by atoms with E-state index >= 15 is 0 Å². The minimum atomic E-state index is -0.985. The van der Waals surface area contributed by atoms with Crippen LogP contribution < -0.4 is 10.6 Å². The molecular weight excluding hydrogens is 272 g/mol. The van der Waals surface area contributed by atoms with E-state index < -0.39 is 5.97 Å². The summed E-state index contributed by atoms with van der Waals surface area (Å²) < 4.78 is 1.86. The number of carboxylic acids is 1. The van der Waals surface area contributed by atoms with Crippen molar-refractivity contribution < 1.29 is 14.7 Å². The Labute approximate surface area is 121 Å². The number of aromatic nitrogens is 2. The van der Waals surface area contributed by atoms with Crippen LogP contribution in [0.5, 0.6) is 0 Å². The highest BCUT2D eigenvalue weighted by Crippen LogP contribution is 2.04. The smallest absolute Gasteiger partial charge is 0.335 e. The molecule has 0 unspecified atom stereocenters. The fourth-order valence-electron chi connectivity index (χ4n) is 1.78. The van der Waals surface area contributed by atoms with Gasteiger partial charge in [-0.3, -0.25) is 0 Å². The van der Waals surface area contributed by atoms with Gasteiger partial charge in [-0.25, -0.2) is 14.6 Å². The fraction of sp³-hybridized carbons (Fsp3) is 0.214. The molecule has 1 aromatic carbocycles. The zero-order valence-electron chi connectivity index (χ0n) is 11.3. The minimum Gasteiger partial charge on any atom is -0.478 e. The lowest BCUT2D eigenvalue weighted by Gasteiger charge is -2.08. The molecule has 0 atom stereocenters. The quantitative estimate of drug-likeness (QED) is 0.741. The lowest BCUT2D eigenvalue weighted by Crippen LogP contribution is -2.36. The number of hydrogen-bond acceptors (Lipinski definition) is 3. The first-order valence-corrected chi connectivity index (χ1v) is 6.45. The summed E-state index contributed by atoms with van der Waals surface area (Å²) in [5, 5.41) is 14.3. The molecule has 1 aromatic heterocycles. The summed E-state index contributed by atoms with van der Waals surface area (Å²) in [5.41, 5.74) is 0.939.